The molecular weight excluding hydrogens is 448 g/mol. The van der Waals surface area contributed by atoms with E-state index in [0.717, 1.165) is 6.42 Å². The van der Waals surface area contributed by atoms with Crippen LogP contribution in [0.1, 0.15) is 43.4 Å². The van der Waals surface area contributed by atoms with Crippen LogP contribution in [-0.4, -0.2) is 25.9 Å². The lowest BCUT2D eigenvalue weighted by molar-refractivity contribution is -0.383. The molecule has 9 nitrogen and oxygen atoms in total. The maximum Gasteiger partial charge on any atom is 0.279 e. The van der Waals surface area contributed by atoms with Gasteiger partial charge in [0.1, 0.15) is 17.0 Å². The largest absolute Gasteiger partial charge is 0.505 e. The number of nitrogens with zero attached hydrogens (tertiary/aromatic N) is 3. The number of nitrogens with one attached hydrogen (secondary N) is 1. The number of benzene rings is 2. The van der Waals surface area contributed by atoms with E-state index in [9.17, 15) is 20.0 Å². The van der Waals surface area contributed by atoms with Crippen molar-refractivity contribution in [1.29, 1.82) is 0 Å². The molecule has 2 aromatic heterocycles. The molecule has 0 spiro atoms. The van der Waals surface area contributed by atoms with Crippen LogP contribution in [0.4, 0.5) is 5.69 Å². The summed E-state index contributed by atoms with van der Waals surface area (Å²) in [7, 11) is 0. The number of amides is 1. The van der Waals surface area contributed by atoms with E-state index in [1.807, 2.05) is 25.1 Å². The SMILES string of the molecule is CCCCC(=O)NC(c1ccc(Oc2ccccc2)nc1)c1cc([N+](=O)[O-])c2cccnc2c1O. The molecule has 0 aliphatic rings. The van der Waals surface area contributed by atoms with Crippen molar-refractivity contribution >= 4 is 22.5 Å². The normalized spacial score (nSPS) is 11.7. The maximum atomic E-state index is 12.7. The quantitative estimate of drug-likeness (QED) is 0.245. The lowest BCUT2D eigenvalue weighted by Crippen LogP contribution is -2.29. The van der Waals surface area contributed by atoms with E-state index in [1.165, 1.54) is 24.5 Å². The number of nitro benzene ring substituents is 1. The summed E-state index contributed by atoms with van der Waals surface area (Å²) < 4.78 is 5.74. The maximum absolute atomic E-state index is 12.7. The summed E-state index contributed by atoms with van der Waals surface area (Å²) in [5.74, 6) is 0.471. The van der Waals surface area contributed by atoms with Crippen molar-refractivity contribution in [2.24, 2.45) is 0 Å². The molecule has 0 aliphatic carbocycles. The van der Waals surface area contributed by atoms with Crippen molar-refractivity contribution in [2.75, 3.05) is 0 Å². The molecule has 0 saturated heterocycles. The fourth-order valence-electron chi connectivity index (χ4n) is 3.75. The molecule has 9 heteroatoms. The summed E-state index contributed by atoms with van der Waals surface area (Å²) in [6.07, 6.45) is 4.76. The lowest BCUT2D eigenvalue weighted by Gasteiger charge is -2.21. The van der Waals surface area contributed by atoms with E-state index >= 15 is 0 Å². The summed E-state index contributed by atoms with van der Waals surface area (Å²) in [6, 6.07) is 16.0. The Hall–Kier alpha value is -4.53. The van der Waals surface area contributed by atoms with Crippen molar-refractivity contribution in [1.82, 2.24) is 15.3 Å². The van der Waals surface area contributed by atoms with Gasteiger partial charge in [-0.05, 0) is 42.3 Å². The van der Waals surface area contributed by atoms with Gasteiger partial charge in [0.15, 0.2) is 0 Å². The summed E-state index contributed by atoms with van der Waals surface area (Å²) >= 11 is 0. The molecule has 2 heterocycles. The van der Waals surface area contributed by atoms with Crippen molar-refractivity contribution in [3.8, 4) is 17.4 Å². The van der Waals surface area contributed by atoms with Gasteiger partial charge in [-0.3, -0.25) is 19.9 Å². The number of hydrogen-bond acceptors (Lipinski definition) is 7. The molecule has 4 rings (SSSR count). The predicted molar refractivity (Wildman–Crippen MR) is 130 cm³/mol. The molecular formula is C26H24N4O5. The third-order valence-corrected chi connectivity index (χ3v) is 5.50. The van der Waals surface area contributed by atoms with Crippen molar-refractivity contribution < 1.29 is 19.6 Å². The van der Waals surface area contributed by atoms with Crippen LogP contribution in [-0.2, 0) is 4.79 Å². The second-order valence-electron chi connectivity index (χ2n) is 7.94. The summed E-state index contributed by atoms with van der Waals surface area (Å²) in [4.78, 5) is 32.4. The Labute approximate surface area is 201 Å². The highest BCUT2D eigenvalue weighted by Gasteiger charge is 2.27. The first-order chi connectivity index (χ1) is 17.0. The number of unbranched alkanes of at least 4 members (excludes halogenated alkanes) is 1. The molecule has 4 aromatic rings. The Bertz CT molecular complexity index is 1340. The number of fused-ring (bicyclic) bond motifs is 1. The number of carbonyl (C=O) groups is 1. The molecule has 0 bridgehead atoms. The van der Waals surface area contributed by atoms with Crippen molar-refractivity contribution in [3.05, 3.63) is 94.3 Å². The Balaban J connectivity index is 1.76. The van der Waals surface area contributed by atoms with Gasteiger partial charge in [0.05, 0.1) is 16.4 Å². The number of para-hydroxylation sites is 1. The van der Waals surface area contributed by atoms with Gasteiger partial charge in [0.25, 0.3) is 5.69 Å². The molecule has 2 aromatic carbocycles. The number of phenols is 1. The van der Waals surface area contributed by atoms with Crippen LogP contribution in [0.3, 0.4) is 0 Å². The minimum atomic E-state index is -0.886. The minimum absolute atomic E-state index is 0.0847. The fourth-order valence-corrected chi connectivity index (χ4v) is 3.75. The molecule has 1 unspecified atom stereocenters. The highest BCUT2D eigenvalue weighted by Crippen LogP contribution is 2.39. The van der Waals surface area contributed by atoms with Gasteiger partial charge >= 0.3 is 0 Å². The van der Waals surface area contributed by atoms with Crippen LogP contribution in [0.2, 0.25) is 0 Å². The number of aromatic nitrogens is 2. The summed E-state index contributed by atoms with van der Waals surface area (Å²) in [6.45, 7) is 1.98. The van der Waals surface area contributed by atoms with Gasteiger partial charge < -0.3 is 15.2 Å². The third kappa shape index (κ3) is 5.35. The first kappa shape index (κ1) is 23.6. The number of pyridine rings is 2. The lowest BCUT2D eigenvalue weighted by atomic mass is 9.96. The van der Waals surface area contributed by atoms with Crippen LogP contribution < -0.4 is 10.1 Å². The van der Waals surface area contributed by atoms with Crippen LogP contribution in [0.15, 0.2) is 73.1 Å². The van der Waals surface area contributed by atoms with E-state index in [-0.39, 0.29) is 40.2 Å². The van der Waals surface area contributed by atoms with Crippen molar-refractivity contribution in [2.45, 2.75) is 32.2 Å². The van der Waals surface area contributed by atoms with Crippen LogP contribution >= 0.6 is 0 Å². The molecule has 1 atom stereocenters. The van der Waals surface area contributed by atoms with Gasteiger partial charge in [-0.2, -0.15) is 0 Å². The molecule has 0 radical (unpaired) electrons. The van der Waals surface area contributed by atoms with Gasteiger partial charge in [0.2, 0.25) is 11.8 Å². The topological polar surface area (TPSA) is 127 Å². The zero-order valence-electron chi connectivity index (χ0n) is 19.0. The molecule has 2 N–H and O–H groups in total. The molecule has 0 saturated carbocycles. The Morgan fingerprint density at radius 3 is 2.63 bits per heavy atom. The van der Waals surface area contributed by atoms with Gasteiger partial charge in [-0.1, -0.05) is 31.5 Å². The number of nitro groups is 1. The highest BCUT2D eigenvalue weighted by atomic mass is 16.6. The molecule has 35 heavy (non-hydrogen) atoms. The Kier molecular flexibility index (Phi) is 7.15. The fraction of sp³-hybridized carbons (Fsp3) is 0.192. The van der Waals surface area contributed by atoms with Crippen LogP contribution in [0.25, 0.3) is 10.9 Å². The first-order valence-corrected chi connectivity index (χ1v) is 11.2. The summed E-state index contributed by atoms with van der Waals surface area (Å²) in [5.41, 5.74) is 0.550. The zero-order chi connectivity index (χ0) is 24.8. The standard InChI is InChI=1S/C26H24N4O5/c1-2-3-11-22(31)29-24(17-12-13-23(28-16-17)35-18-8-5-4-6-9-18)20-15-21(30(33)34)19-10-7-14-27-25(19)26(20)32/h4-10,12-16,24,32H,2-3,11H2,1H3,(H,29,31). The number of phenolic OH excluding ortho intramolecular Hbond substituents is 1. The van der Waals surface area contributed by atoms with Gasteiger partial charge in [-0.15, -0.1) is 0 Å². The van der Waals surface area contributed by atoms with E-state index < -0.39 is 11.0 Å². The van der Waals surface area contributed by atoms with E-state index in [1.54, 1.807) is 30.3 Å². The summed E-state index contributed by atoms with van der Waals surface area (Å²) in [5, 5.41) is 25.9. The van der Waals surface area contributed by atoms with E-state index in [2.05, 4.69) is 15.3 Å². The van der Waals surface area contributed by atoms with E-state index in [0.29, 0.717) is 23.6 Å². The Morgan fingerprint density at radius 2 is 1.94 bits per heavy atom. The van der Waals surface area contributed by atoms with Crippen LogP contribution in [0, 0.1) is 10.1 Å². The predicted octanol–water partition coefficient (Wildman–Crippen LogP) is 5.43. The second-order valence-corrected chi connectivity index (χ2v) is 7.94. The molecule has 1 amide bonds. The molecule has 0 aliphatic heterocycles. The minimum Gasteiger partial charge on any atom is -0.505 e. The number of ether oxygens (including phenoxy) is 1. The van der Waals surface area contributed by atoms with Crippen LogP contribution in [0.5, 0.6) is 17.4 Å². The number of rotatable bonds is 9. The number of carbonyl (C=O) groups excluding carboxylic acids is 1. The van der Waals surface area contributed by atoms with Gasteiger partial charge in [-0.25, -0.2) is 4.98 Å². The Morgan fingerprint density at radius 1 is 1.14 bits per heavy atom. The first-order valence-electron chi connectivity index (χ1n) is 11.2. The number of aromatic hydroxyl groups is 1. The third-order valence-electron chi connectivity index (χ3n) is 5.50. The monoisotopic (exact) mass is 472 g/mol. The number of hydrogen-bond donors (Lipinski definition) is 2. The van der Waals surface area contributed by atoms with Gasteiger partial charge in [0, 0.05) is 36.5 Å². The van der Waals surface area contributed by atoms with Crippen molar-refractivity contribution in [3.63, 3.8) is 0 Å². The van der Waals surface area contributed by atoms with E-state index in [4.69, 9.17) is 4.74 Å². The zero-order valence-corrected chi connectivity index (χ0v) is 19.0. The highest BCUT2D eigenvalue weighted by molar-refractivity contribution is 5.94. The average molecular weight is 473 g/mol. The second kappa shape index (κ2) is 10.6. The molecule has 0 fully saturated rings. The smallest absolute Gasteiger partial charge is 0.279 e. The molecule has 178 valence electrons. The number of non-ortho nitro benzene ring substituents is 1. The average Bonchev–Trinajstić information content (AvgIpc) is 2.88.